The topological polar surface area (TPSA) is 197 Å². The summed E-state index contributed by atoms with van der Waals surface area (Å²) < 4.78 is 32.9. The Kier molecular flexibility index (Phi) is 9.88. The Morgan fingerprint density at radius 3 is 1.86 bits per heavy atom. The van der Waals surface area contributed by atoms with Crippen molar-refractivity contribution < 1.29 is 64.2 Å². The first-order chi connectivity index (χ1) is 17.2. The quantitative estimate of drug-likeness (QED) is 0.160. The molecule has 13 heteroatoms. The van der Waals surface area contributed by atoms with Gasteiger partial charge in [0.05, 0.1) is 27.4 Å². The van der Waals surface area contributed by atoms with Crippen molar-refractivity contribution in [2.75, 3.05) is 27.4 Å². The predicted molar refractivity (Wildman–Crippen MR) is 120 cm³/mol. The van der Waals surface area contributed by atoms with E-state index in [2.05, 4.69) is 6.58 Å². The number of benzene rings is 1. The SMILES string of the molecule is C=CCc1cc(OC)c(OC2OC(COC3OC(CO)C(O)C(O)C3O)C(O)C(O)C2O)c(OC)c1. The van der Waals surface area contributed by atoms with Crippen LogP contribution in [0.3, 0.4) is 0 Å². The van der Waals surface area contributed by atoms with Crippen LogP contribution in [0.4, 0.5) is 0 Å². The average Bonchev–Trinajstić information content (AvgIpc) is 2.88. The Labute approximate surface area is 207 Å². The van der Waals surface area contributed by atoms with E-state index in [0.29, 0.717) is 6.42 Å². The molecule has 0 saturated carbocycles. The monoisotopic (exact) mass is 518 g/mol. The smallest absolute Gasteiger partial charge is 0.229 e. The second kappa shape index (κ2) is 12.5. The summed E-state index contributed by atoms with van der Waals surface area (Å²) in [5.41, 5.74) is 0.817. The molecular formula is C23H34O13. The minimum atomic E-state index is -1.70. The van der Waals surface area contributed by atoms with E-state index in [9.17, 15) is 35.7 Å². The van der Waals surface area contributed by atoms with Gasteiger partial charge >= 0.3 is 0 Å². The van der Waals surface area contributed by atoms with Gasteiger partial charge in [0.25, 0.3) is 0 Å². The van der Waals surface area contributed by atoms with Crippen molar-refractivity contribution in [2.24, 2.45) is 0 Å². The number of hydrogen-bond acceptors (Lipinski definition) is 13. The fourth-order valence-corrected chi connectivity index (χ4v) is 4.00. The molecule has 10 unspecified atom stereocenters. The van der Waals surface area contributed by atoms with Gasteiger partial charge in [-0.2, -0.15) is 0 Å². The second-order valence-corrected chi connectivity index (χ2v) is 8.49. The van der Waals surface area contributed by atoms with Gasteiger partial charge < -0.3 is 64.2 Å². The molecule has 2 heterocycles. The molecule has 204 valence electrons. The first-order valence-corrected chi connectivity index (χ1v) is 11.3. The molecular weight excluding hydrogens is 484 g/mol. The van der Waals surface area contributed by atoms with Crippen molar-refractivity contribution in [1.82, 2.24) is 0 Å². The van der Waals surface area contributed by atoms with E-state index in [-0.39, 0.29) is 17.2 Å². The molecule has 0 amide bonds. The summed E-state index contributed by atoms with van der Waals surface area (Å²) in [5.74, 6) is 0.600. The highest BCUT2D eigenvalue weighted by Gasteiger charge is 2.48. The maximum absolute atomic E-state index is 10.5. The predicted octanol–water partition coefficient (Wildman–Crippen LogP) is -2.56. The fraction of sp³-hybridized carbons (Fsp3) is 0.652. The van der Waals surface area contributed by atoms with Gasteiger partial charge in [0.2, 0.25) is 12.0 Å². The third kappa shape index (κ3) is 5.92. The molecule has 1 aromatic rings. The molecule has 0 spiro atoms. The molecule has 2 aliphatic rings. The minimum absolute atomic E-state index is 0.0778. The molecule has 13 nitrogen and oxygen atoms in total. The maximum Gasteiger partial charge on any atom is 0.229 e. The van der Waals surface area contributed by atoms with Crippen LogP contribution in [-0.2, 0) is 20.6 Å². The number of ether oxygens (including phenoxy) is 6. The average molecular weight is 519 g/mol. The summed E-state index contributed by atoms with van der Waals surface area (Å²) in [4.78, 5) is 0. The van der Waals surface area contributed by atoms with E-state index < -0.39 is 74.6 Å². The van der Waals surface area contributed by atoms with E-state index in [1.165, 1.54) is 14.2 Å². The standard InChI is InChI=1S/C23H34O13/c1-4-5-10-6-11(31-2)21(12(7-10)32-3)36-23-20(30)18(28)16(26)14(35-23)9-33-22-19(29)17(27)15(25)13(8-24)34-22/h4,6-7,13-20,22-30H,1,5,8-9H2,2-3H3. The number of hydrogen-bond donors (Lipinski definition) is 7. The summed E-state index contributed by atoms with van der Waals surface area (Å²) in [6.45, 7) is 2.56. The van der Waals surface area contributed by atoms with Crippen molar-refractivity contribution >= 4 is 0 Å². The molecule has 0 bridgehead atoms. The Bertz CT molecular complexity index is 839. The molecule has 0 radical (unpaired) electrons. The first kappa shape index (κ1) is 28.5. The van der Waals surface area contributed by atoms with Crippen molar-refractivity contribution in [3.63, 3.8) is 0 Å². The van der Waals surface area contributed by atoms with Crippen LogP contribution in [0.5, 0.6) is 17.2 Å². The molecule has 0 aliphatic carbocycles. The Balaban J connectivity index is 1.75. The van der Waals surface area contributed by atoms with Gasteiger partial charge in [0.15, 0.2) is 17.8 Å². The number of rotatable bonds is 10. The van der Waals surface area contributed by atoms with E-state index in [4.69, 9.17) is 28.4 Å². The zero-order valence-corrected chi connectivity index (χ0v) is 19.9. The van der Waals surface area contributed by atoms with Crippen molar-refractivity contribution in [3.8, 4) is 17.2 Å². The number of allylic oxidation sites excluding steroid dienone is 1. The zero-order valence-electron chi connectivity index (χ0n) is 19.9. The molecule has 3 rings (SSSR count). The highest BCUT2D eigenvalue weighted by atomic mass is 16.7. The molecule has 2 fully saturated rings. The van der Waals surface area contributed by atoms with Crippen LogP contribution in [-0.4, -0.2) is 125 Å². The van der Waals surface area contributed by atoms with Gasteiger partial charge in [-0.25, -0.2) is 0 Å². The van der Waals surface area contributed by atoms with Gasteiger partial charge in [-0.05, 0) is 24.1 Å². The Morgan fingerprint density at radius 1 is 0.806 bits per heavy atom. The lowest BCUT2D eigenvalue weighted by molar-refractivity contribution is -0.323. The van der Waals surface area contributed by atoms with Crippen LogP contribution in [0.1, 0.15) is 5.56 Å². The van der Waals surface area contributed by atoms with Crippen molar-refractivity contribution in [3.05, 3.63) is 30.4 Å². The molecule has 7 N–H and O–H groups in total. The van der Waals surface area contributed by atoms with Crippen LogP contribution in [0.25, 0.3) is 0 Å². The second-order valence-electron chi connectivity index (χ2n) is 8.49. The maximum atomic E-state index is 10.5. The third-order valence-corrected chi connectivity index (χ3v) is 6.08. The van der Waals surface area contributed by atoms with Gasteiger partial charge in [-0.3, -0.25) is 0 Å². The van der Waals surface area contributed by atoms with Crippen LogP contribution in [0, 0.1) is 0 Å². The van der Waals surface area contributed by atoms with Gasteiger partial charge in [0, 0.05) is 0 Å². The van der Waals surface area contributed by atoms with E-state index in [1.807, 2.05) is 0 Å². The molecule has 2 aliphatic heterocycles. The number of aliphatic hydroxyl groups excluding tert-OH is 7. The normalized spacial score (nSPS) is 36.8. The van der Waals surface area contributed by atoms with Crippen LogP contribution in [0.2, 0.25) is 0 Å². The van der Waals surface area contributed by atoms with Crippen molar-refractivity contribution in [1.29, 1.82) is 0 Å². The summed E-state index contributed by atoms with van der Waals surface area (Å²) >= 11 is 0. The number of aliphatic hydroxyl groups is 7. The van der Waals surface area contributed by atoms with Gasteiger partial charge in [-0.1, -0.05) is 6.08 Å². The van der Waals surface area contributed by atoms with E-state index in [1.54, 1.807) is 18.2 Å². The molecule has 0 aromatic heterocycles. The fourth-order valence-electron chi connectivity index (χ4n) is 4.00. The Morgan fingerprint density at radius 2 is 1.33 bits per heavy atom. The van der Waals surface area contributed by atoms with Gasteiger partial charge in [-0.15, -0.1) is 6.58 Å². The molecule has 2 saturated heterocycles. The summed E-state index contributed by atoms with van der Waals surface area (Å²) in [6.07, 6.45) is -13.2. The molecule has 10 atom stereocenters. The highest BCUT2D eigenvalue weighted by Crippen LogP contribution is 2.40. The number of methoxy groups -OCH3 is 2. The zero-order chi connectivity index (χ0) is 26.6. The molecule has 36 heavy (non-hydrogen) atoms. The lowest BCUT2D eigenvalue weighted by Gasteiger charge is -2.42. The van der Waals surface area contributed by atoms with Crippen LogP contribution >= 0.6 is 0 Å². The summed E-state index contributed by atoms with van der Waals surface area (Å²) in [7, 11) is 2.82. The largest absolute Gasteiger partial charge is 0.493 e. The van der Waals surface area contributed by atoms with Crippen molar-refractivity contribution in [2.45, 2.75) is 67.8 Å². The highest BCUT2D eigenvalue weighted by molar-refractivity contribution is 5.54. The summed E-state index contributed by atoms with van der Waals surface area (Å²) in [6, 6.07) is 3.36. The van der Waals surface area contributed by atoms with Gasteiger partial charge in [0.1, 0.15) is 48.8 Å². The van der Waals surface area contributed by atoms with Crippen LogP contribution < -0.4 is 14.2 Å². The van der Waals surface area contributed by atoms with E-state index in [0.717, 1.165) is 5.56 Å². The summed E-state index contributed by atoms with van der Waals surface area (Å²) in [5, 5.41) is 70.6. The first-order valence-electron chi connectivity index (χ1n) is 11.3. The van der Waals surface area contributed by atoms with Crippen LogP contribution in [0.15, 0.2) is 24.8 Å². The molecule has 1 aromatic carbocycles. The Hall–Kier alpha value is -2.04. The lowest BCUT2D eigenvalue weighted by atomic mass is 9.98. The van der Waals surface area contributed by atoms with E-state index >= 15 is 0 Å². The third-order valence-electron chi connectivity index (χ3n) is 6.08. The minimum Gasteiger partial charge on any atom is -0.493 e. The lowest BCUT2D eigenvalue weighted by Crippen LogP contribution is -2.62.